The highest BCUT2D eigenvalue weighted by molar-refractivity contribution is 6.29. The highest BCUT2D eigenvalue weighted by Crippen LogP contribution is 2.18. The van der Waals surface area contributed by atoms with Crippen LogP contribution >= 0.6 is 11.6 Å². The van der Waals surface area contributed by atoms with E-state index in [9.17, 15) is 4.79 Å². The van der Waals surface area contributed by atoms with Crippen LogP contribution < -0.4 is 5.32 Å². The molecule has 0 saturated heterocycles. The van der Waals surface area contributed by atoms with Crippen LogP contribution in [0.15, 0.2) is 18.3 Å². The minimum absolute atomic E-state index is 0.0498. The van der Waals surface area contributed by atoms with Crippen LogP contribution in [-0.2, 0) is 0 Å². The molecule has 1 aliphatic rings. The van der Waals surface area contributed by atoms with Gasteiger partial charge in [-0.15, -0.1) is 0 Å². The van der Waals surface area contributed by atoms with Gasteiger partial charge in [-0.3, -0.25) is 4.79 Å². The van der Waals surface area contributed by atoms with Crippen LogP contribution in [0.4, 0.5) is 0 Å². The van der Waals surface area contributed by atoms with Crippen molar-refractivity contribution in [1.82, 2.24) is 10.3 Å². The second-order valence-electron chi connectivity index (χ2n) is 3.82. The molecule has 0 unspecified atom stereocenters. The Kier molecular flexibility index (Phi) is 3.21. The zero-order valence-electron chi connectivity index (χ0n) is 8.37. The van der Waals surface area contributed by atoms with Crippen molar-refractivity contribution < 1.29 is 4.79 Å². The number of nitrogens with one attached hydrogen (secondary N) is 1. The third-order valence-corrected chi connectivity index (χ3v) is 2.89. The number of hydrogen-bond donors (Lipinski definition) is 1. The summed E-state index contributed by atoms with van der Waals surface area (Å²) < 4.78 is 0. The molecule has 1 N–H and O–H groups in total. The fraction of sp³-hybridized carbons (Fsp3) is 0.455. The van der Waals surface area contributed by atoms with Gasteiger partial charge in [-0.25, -0.2) is 4.98 Å². The van der Waals surface area contributed by atoms with Crippen molar-refractivity contribution in [3.63, 3.8) is 0 Å². The fourth-order valence-corrected chi connectivity index (χ4v) is 2.06. The van der Waals surface area contributed by atoms with Crippen LogP contribution in [-0.4, -0.2) is 16.9 Å². The lowest BCUT2D eigenvalue weighted by atomic mass is 10.2. The number of carbonyl (C=O) groups excluding carboxylic acids is 1. The monoisotopic (exact) mass is 224 g/mol. The van der Waals surface area contributed by atoms with Gasteiger partial charge in [-0.1, -0.05) is 24.4 Å². The molecular weight excluding hydrogens is 212 g/mol. The Labute approximate surface area is 93.8 Å². The van der Waals surface area contributed by atoms with Crippen LogP contribution in [0.2, 0.25) is 5.15 Å². The Morgan fingerprint density at radius 1 is 1.47 bits per heavy atom. The molecule has 1 heterocycles. The predicted molar refractivity (Wildman–Crippen MR) is 59.0 cm³/mol. The Bertz CT molecular complexity index is 361. The first-order valence-electron chi connectivity index (χ1n) is 5.18. The van der Waals surface area contributed by atoms with Gasteiger partial charge in [-0.05, 0) is 25.0 Å². The number of nitrogens with zero attached hydrogens (tertiary/aromatic N) is 1. The van der Waals surface area contributed by atoms with Crippen molar-refractivity contribution in [2.24, 2.45) is 0 Å². The maximum atomic E-state index is 11.8. The second kappa shape index (κ2) is 4.62. The van der Waals surface area contributed by atoms with Gasteiger partial charge in [0.05, 0.1) is 0 Å². The molecule has 4 heteroatoms. The fourth-order valence-electron chi connectivity index (χ4n) is 1.88. The van der Waals surface area contributed by atoms with E-state index in [4.69, 9.17) is 11.6 Å². The molecule has 3 nitrogen and oxygen atoms in total. The summed E-state index contributed by atoms with van der Waals surface area (Å²) >= 11 is 5.71. The smallest absolute Gasteiger partial charge is 0.251 e. The van der Waals surface area contributed by atoms with E-state index in [0.717, 1.165) is 12.8 Å². The van der Waals surface area contributed by atoms with Gasteiger partial charge < -0.3 is 5.32 Å². The predicted octanol–water partition coefficient (Wildman–Crippen LogP) is 2.41. The van der Waals surface area contributed by atoms with E-state index in [1.54, 1.807) is 18.3 Å². The lowest BCUT2D eigenvalue weighted by molar-refractivity contribution is 0.0938. The normalized spacial score (nSPS) is 16.6. The van der Waals surface area contributed by atoms with Gasteiger partial charge in [0, 0.05) is 17.8 Å². The summed E-state index contributed by atoms with van der Waals surface area (Å²) in [6.07, 6.45) is 6.14. The Hall–Kier alpha value is -1.09. The van der Waals surface area contributed by atoms with Crippen molar-refractivity contribution >= 4 is 17.5 Å². The van der Waals surface area contributed by atoms with E-state index >= 15 is 0 Å². The molecule has 1 aromatic heterocycles. The lowest BCUT2D eigenvalue weighted by Crippen LogP contribution is -2.32. The van der Waals surface area contributed by atoms with Gasteiger partial charge >= 0.3 is 0 Å². The third-order valence-electron chi connectivity index (χ3n) is 2.68. The molecule has 2 rings (SSSR count). The van der Waals surface area contributed by atoms with Crippen LogP contribution in [0.5, 0.6) is 0 Å². The van der Waals surface area contributed by atoms with Gasteiger partial charge in [0.1, 0.15) is 5.15 Å². The molecule has 0 spiro atoms. The molecule has 0 aliphatic heterocycles. The average molecular weight is 225 g/mol. The van der Waals surface area contributed by atoms with Crippen LogP contribution in [0.3, 0.4) is 0 Å². The van der Waals surface area contributed by atoms with Crippen LogP contribution in [0, 0.1) is 0 Å². The van der Waals surface area contributed by atoms with E-state index in [2.05, 4.69) is 10.3 Å². The Balaban J connectivity index is 2.01. The van der Waals surface area contributed by atoms with Gasteiger partial charge in [-0.2, -0.15) is 0 Å². The molecule has 1 aromatic rings. The van der Waals surface area contributed by atoms with E-state index in [1.807, 2.05) is 0 Å². The SMILES string of the molecule is O=C(NC1CCCC1)c1ccnc(Cl)c1. The summed E-state index contributed by atoms with van der Waals surface area (Å²) in [6, 6.07) is 3.60. The first-order chi connectivity index (χ1) is 7.25. The van der Waals surface area contributed by atoms with Crippen LogP contribution in [0.1, 0.15) is 36.0 Å². The van der Waals surface area contributed by atoms with Gasteiger partial charge in [0.2, 0.25) is 0 Å². The Morgan fingerprint density at radius 2 is 2.20 bits per heavy atom. The molecule has 0 radical (unpaired) electrons. The molecule has 1 fully saturated rings. The van der Waals surface area contributed by atoms with E-state index in [0.29, 0.717) is 16.8 Å². The highest BCUT2D eigenvalue weighted by Gasteiger charge is 2.17. The number of pyridine rings is 1. The molecule has 0 bridgehead atoms. The van der Waals surface area contributed by atoms with Gasteiger partial charge in [0.15, 0.2) is 0 Å². The Morgan fingerprint density at radius 3 is 2.87 bits per heavy atom. The van der Waals surface area contributed by atoms with Crippen molar-refractivity contribution in [2.75, 3.05) is 0 Å². The summed E-state index contributed by atoms with van der Waals surface area (Å²) in [4.78, 5) is 15.6. The van der Waals surface area contributed by atoms with Gasteiger partial charge in [0.25, 0.3) is 5.91 Å². The van der Waals surface area contributed by atoms with Crippen molar-refractivity contribution in [1.29, 1.82) is 0 Å². The zero-order valence-corrected chi connectivity index (χ0v) is 9.13. The second-order valence-corrected chi connectivity index (χ2v) is 4.21. The summed E-state index contributed by atoms with van der Waals surface area (Å²) in [6.45, 7) is 0. The maximum absolute atomic E-state index is 11.8. The maximum Gasteiger partial charge on any atom is 0.251 e. The third kappa shape index (κ3) is 2.69. The lowest BCUT2D eigenvalue weighted by Gasteiger charge is -2.11. The first kappa shape index (κ1) is 10.4. The summed E-state index contributed by atoms with van der Waals surface area (Å²) in [5.74, 6) is -0.0498. The molecular formula is C11H13ClN2O. The standard InChI is InChI=1S/C11H13ClN2O/c12-10-7-8(5-6-13-10)11(15)14-9-3-1-2-4-9/h5-7,9H,1-4H2,(H,14,15). The van der Waals surface area contributed by atoms with Crippen molar-refractivity contribution in [3.8, 4) is 0 Å². The number of hydrogen-bond acceptors (Lipinski definition) is 2. The molecule has 0 atom stereocenters. The number of halogens is 1. The molecule has 0 aromatic carbocycles. The topological polar surface area (TPSA) is 42.0 Å². The van der Waals surface area contributed by atoms with E-state index in [-0.39, 0.29) is 5.91 Å². The molecule has 1 aliphatic carbocycles. The molecule has 1 saturated carbocycles. The molecule has 1 amide bonds. The minimum Gasteiger partial charge on any atom is -0.349 e. The number of carbonyl (C=O) groups is 1. The van der Waals surface area contributed by atoms with Crippen molar-refractivity contribution in [3.05, 3.63) is 29.0 Å². The largest absolute Gasteiger partial charge is 0.349 e. The van der Waals surface area contributed by atoms with Crippen molar-refractivity contribution in [2.45, 2.75) is 31.7 Å². The molecule has 15 heavy (non-hydrogen) atoms. The minimum atomic E-state index is -0.0498. The van der Waals surface area contributed by atoms with E-state index < -0.39 is 0 Å². The van der Waals surface area contributed by atoms with E-state index in [1.165, 1.54) is 12.8 Å². The first-order valence-corrected chi connectivity index (χ1v) is 5.56. The summed E-state index contributed by atoms with van der Waals surface area (Å²) in [5, 5.41) is 3.35. The summed E-state index contributed by atoms with van der Waals surface area (Å²) in [5.41, 5.74) is 0.585. The number of aromatic nitrogens is 1. The summed E-state index contributed by atoms with van der Waals surface area (Å²) in [7, 11) is 0. The zero-order chi connectivity index (χ0) is 10.7. The highest BCUT2D eigenvalue weighted by atomic mass is 35.5. The average Bonchev–Trinajstić information content (AvgIpc) is 2.70. The van der Waals surface area contributed by atoms with Crippen LogP contribution in [0.25, 0.3) is 0 Å². The number of rotatable bonds is 2. The quantitative estimate of drug-likeness (QED) is 0.784. The molecule has 80 valence electrons. The number of amides is 1.